The van der Waals surface area contributed by atoms with Gasteiger partial charge in [0.15, 0.2) is 0 Å². The van der Waals surface area contributed by atoms with Crippen molar-refractivity contribution in [2.24, 2.45) is 5.92 Å². The van der Waals surface area contributed by atoms with E-state index in [1.54, 1.807) is 17.5 Å². The number of aromatic nitrogens is 2. The second-order valence-corrected chi connectivity index (χ2v) is 7.63. The molecule has 1 amide bonds. The molecule has 0 saturated carbocycles. The molecule has 2 atom stereocenters. The van der Waals surface area contributed by atoms with Gasteiger partial charge in [-0.2, -0.15) is 0 Å². The molecule has 6 heteroatoms. The Hall–Kier alpha value is -2.18. The van der Waals surface area contributed by atoms with Gasteiger partial charge in [-0.15, -0.1) is 11.3 Å². The second kappa shape index (κ2) is 6.61. The van der Waals surface area contributed by atoms with Crippen LogP contribution in [0.3, 0.4) is 0 Å². The first kappa shape index (κ1) is 16.3. The summed E-state index contributed by atoms with van der Waals surface area (Å²) < 4.78 is 2.01. The highest BCUT2D eigenvalue weighted by atomic mass is 32.1. The SMILES string of the molecule is C[C@@H]1CN(C(=O)Cn2c(-c3cccs3)cc3cccnc32)CC[C@H]1O. The van der Waals surface area contributed by atoms with Gasteiger partial charge < -0.3 is 14.6 Å². The van der Waals surface area contributed by atoms with Gasteiger partial charge in [0.25, 0.3) is 0 Å². The van der Waals surface area contributed by atoms with E-state index in [2.05, 4.69) is 17.1 Å². The van der Waals surface area contributed by atoms with Gasteiger partial charge in [-0.3, -0.25) is 4.79 Å². The second-order valence-electron chi connectivity index (χ2n) is 6.68. The molecule has 1 aliphatic heterocycles. The predicted octanol–water partition coefficient (Wildman–Crippen LogP) is 2.99. The molecule has 5 nitrogen and oxygen atoms in total. The molecule has 25 heavy (non-hydrogen) atoms. The third kappa shape index (κ3) is 3.07. The number of rotatable bonds is 3. The smallest absolute Gasteiger partial charge is 0.242 e. The number of likely N-dealkylation sites (tertiary alicyclic amines) is 1. The number of nitrogens with zero attached hydrogens (tertiary/aromatic N) is 3. The standard InChI is InChI=1S/C19H21N3O2S/c1-13-11-21(8-6-16(13)23)18(24)12-22-15(17-5-3-9-25-17)10-14-4-2-7-20-19(14)22/h2-5,7,9-10,13,16,23H,6,8,11-12H2,1H3/t13-,16-/m1/s1. The van der Waals surface area contributed by atoms with Crippen LogP contribution in [0.2, 0.25) is 0 Å². The van der Waals surface area contributed by atoms with Crippen LogP contribution in [0.15, 0.2) is 41.9 Å². The quantitative estimate of drug-likeness (QED) is 0.786. The molecular weight excluding hydrogens is 334 g/mol. The van der Waals surface area contributed by atoms with Crippen LogP contribution < -0.4 is 0 Å². The summed E-state index contributed by atoms with van der Waals surface area (Å²) in [6, 6.07) is 10.1. The summed E-state index contributed by atoms with van der Waals surface area (Å²) in [7, 11) is 0. The van der Waals surface area contributed by atoms with Gasteiger partial charge in [0.2, 0.25) is 5.91 Å². The summed E-state index contributed by atoms with van der Waals surface area (Å²) in [4.78, 5) is 20.4. The van der Waals surface area contributed by atoms with Gasteiger partial charge in [-0.1, -0.05) is 13.0 Å². The minimum atomic E-state index is -0.306. The number of thiophene rings is 1. The van der Waals surface area contributed by atoms with Gasteiger partial charge in [0.05, 0.1) is 16.7 Å². The van der Waals surface area contributed by atoms with E-state index in [-0.39, 0.29) is 24.5 Å². The van der Waals surface area contributed by atoms with Crippen LogP contribution in [-0.4, -0.2) is 44.7 Å². The zero-order valence-electron chi connectivity index (χ0n) is 14.1. The van der Waals surface area contributed by atoms with Crippen LogP contribution in [0, 0.1) is 5.92 Å². The van der Waals surface area contributed by atoms with Crippen molar-refractivity contribution in [3.8, 4) is 10.6 Å². The first-order chi connectivity index (χ1) is 12.1. The molecule has 4 heterocycles. The Morgan fingerprint density at radius 3 is 3.04 bits per heavy atom. The lowest BCUT2D eigenvalue weighted by Gasteiger charge is -2.34. The van der Waals surface area contributed by atoms with Gasteiger partial charge in [0, 0.05) is 24.7 Å². The summed E-state index contributed by atoms with van der Waals surface area (Å²) in [6.07, 6.45) is 2.11. The maximum absolute atomic E-state index is 12.9. The molecule has 0 aliphatic carbocycles. The monoisotopic (exact) mass is 355 g/mol. The van der Waals surface area contributed by atoms with Crippen molar-refractivity contribution in [1.29, 1.82) is 0 Å². The summed E-state index contributed by atoms with van der Waals surface area (Å²) in [5.41, 5.74) is 1.87. The number of hydrogen-bond donors (Lipinski definition) is 1. The molecule has 1 fully saturated rings. The van der Waals surface area contributed by atoms with Crippen LogP contribution in [0.5, 0.6) is 0 Å². The first-order valence-corrected chi connectivity index (χ1v) is 9.45. The van der Waals surface area contributed by atoms with E-state index in [9.17, 15) is 9.90 Å². The molecule has 4 rings (SSSR count). The van der Waals surface area contributed by atoms with Gasteiger partial charge in [-0.25, -0.2) is 4.98 Å². The molecule has 1 N–H and O–H groups in total. The van der Waals surface area contributed by atoms with Crippen molar-refractivity contribution in [2.75, 3.05) is 13.1 Å². The van der Waals surface area contributed by atoms with Crippen molar-refractivity contribution in [2.45, 2.75) is 26.0 Å². The lowest BCUT2D eigenvalue weighted by Crippen LogP contribution is -2.46. The minimum absolute atomic E-state index is 0.0831. The van der Waals surface area contributed by atoms with Gasteiger partial charge >= 0.3 is 0 Å². The molecule has 0 aromatic carbocycles. The number of aliphatic hydroxyl groups excluding tert-OH is 1. The van der Waals surface area contributed by atoms with Crippen molar-refractivity contribution in [1.82, 2.24) is 14.5 Å². The Balaban J connectivity index is 1.66. The van der Waals surface area contributed by atoms with Crippen LogP contribution in [0.1, 0.15) is 13.3 Å². The highest BCUT2D eigenvalue weighted by Gasteiger charge is 2.28. The number of carbonyl (C=O) groups is 1. The average molecular weight is 355 g/mol. The molecule has 1 saturated heterocycles. The topological polar surface area (TPSA) is 58.4 Å². The highest BCUT2D eigenvalue weighted by Crippen LogP contribution is 2.30. The third-order valence-corrected chi connectivity index (χ3v) is 5.83. The highest BCUT2D eigenvalue weighted by molar-refractivity contribution is 7.13. The zero-order chi connectivity index (χ0) is 17.4. The number of amides is 1. The Bertz CT molecular complexity index is 887. The number of pyridine rings is 1. The fourth-order valence-electron chi connectivity index (χ4n) is 3.47. The number of aliphatic hydroxyl groups is 1. The van der Waals surface area contributed by atoms with Crippen LogP contribution in [0.25, 0.3) is 21.6 Å². The van der Waals surface area contributed by atoms with E-state index < -0.39 is 0 Å². The lowest BCUT2D eigenvalue weighted by atomic mass is 9.97. The third-order valence-electron chi connectivity index (χ3n) is 4.94. The van der Waals surface area contributed by atoms with Gasteiger partial charge in [0.1, 0.15) is 12.2 Å². The molecule has 3 aromatic heterocycles. The molecule has 0 spiro atoms. The summed E-state index contributed by atoms with van der Waals surface area (Å²) in [5, 5.41) is 13.0. The molecule has 0 bridgehead atoms. The number of carbonyl (C=O) groups excluding carboxylic acids is 1. The Morgan fingerprint density at radius 1 is 1.40 bits per heavy atom. The van der Waals surface area contributed by atoms with E-state index in [4.69, 9.17) is 0 Å². The molecule has 1 aliphatic rings. The molecule has 3 aromatic rings. The van der Waals surface area contributed by atoms with Crippen molar-refractivity contribution >= 4 is 28.3 Å². The van der Waals surface area contributed by atoms with Crippen molar-refractivity contribution in [3.05, 3.63) is 41.9 Å². The Labute approximate surface area is 150 Å². The molecular formula is C19H21N3O2S. The van der Waals surface area contributed by atoms with Crippen LogP contribution in [-0.2, 0) is 11.3 Å². The van der Waals surface area contributed by atoms with E-state index in [0.29, 0.717) is 19.5 Å². The van der Waals surface area contributed by atoms with E-state index in [1.165, 1.54) is 0 Å². The van der Waals surface area contributed by atoms with E-state index in [0.717, 1.165) is 21.6 Å². The fraction of sp³-hybridized carbons (Fsp3) is 0.368. The average Bonchev–Trinajstić information content (AvgIpc) is 3.25. The fourth-order valence-corrected chi connectivity index (χ4v) is 4.22. The van der Waals surface area contributed by atoms with Crippen molar-refractivity contribution in [3.63, 3.8) is 0 Å². The van der Waals surface area contributed by atoms with E-state index >= 15 is 0 Å². The summed E-state index contributed by atoms with van der Waals surface area (Å²) in [6.45, 7) is 3.50. The normalized spacial score (nSPS) is 21.0. The maximum Gasteiger partial charge on any atom is 0.242 e. The number of hydrogen-bond acceptors (Lipinski definition) is 4. The van der Waals surface area contributed by atoms with Crippen LogP contribution in [0.4, 0.5) is 0 Å². The molecule has 0 unspecified atom stereocenters. The maximum atomic E-state index is 12.9. The summed E-state index contributed by atoms with van der Waals surface area (Å²) >= 11 is 1.66. The Morgan fingerprint density at radius 2 is 2.28 bits per heavy atom. The molecule has 130 valence electrons. The minimum Gasteiger partial charge on any atom is -0.393 e. The lowest BCUT2D eigenvalue weighted by molar-refractivity contribution is -0.135. The first-order valence-electron chi connectivity index (χ1n) is 8.57. The number of fused-ring (bicyclic) bond motifs is 1. The molecule has 0 radical (unpaired) electrons. The summed E-state index contributed by atoms with van der Waals surface area (Å²) in [5.74, 6) is 0.203. The van der Waals surface area contributed by atoms with Gasteiger partial charge in [-0.05, 0) is 42.0 Å². The Kier molecular flexibility index (Phi) is 4.31. The zero-order valence-corrected chi connectivity index (χ0v) is 14.9. The van der Waals surface area contributed by atoms with Crippen molar-refractivity contribution < 1.29 is 9.90 Å². The predicted molar refractivity (Wildman–Crippen MR) is 99.4 cm³/mol. The van der Waals surface area contributed by atoms with Crippen LogP contribution >= 0.6 is 11.3 Å². The number of piperidine rings is 1. The largest absolute Gasteiger partial charge is 0.393 e. The van der Waals surface area contributed by atoms with E-state index in [1.807, 2.05) is 40.0 Å².